The van der Waals surface area contributed by atoms with Crippen LogP contribution in [0.1, 0.15) is 18.9 Å². The molecule has 0 aliphatic rings. The number of imidazole rings is 1. The van der Waals surface area contributed by atoms with E-state index in [0.29, 0.717) is 40.5 Å². The van der Waals surface area contributed by atoms with Crippen LogP contribution in [0.2, 0.25) is 0 Å². The molecule has 2 aromatic carbocycles. The van der Waals surface area contributed by atoms with E-state index in [9.17, 15) is 19.5 Å². The quantitative estimate of drug-likeness (QED) is 0.226. The molecule has 2 unspecified atom stereocenters. The molecule has 2 atom stereocenters. The number of ether oxygens (including phenoxy) is 1. The Morgan fingerprint density at radius 3 is 2.62 bits per heavy atom. The Morgan fingerprint density at radius 1 is 1.03 bits per heavy atom. The zero-order chi connectivity index (χ0) is 22.7. The van der Waals surface area contributed by atoms with E-state index < -0.39 is 6.10 Å². The minimum absolute atomic E-state index is 0.0774. The molecular weight excluding hydrogens is 414 g/mol. The first-order valence-electron chi connectivity index (χ1n) is 10.4. The van der Waals surface area contributed by atoms with Gasteiger partial charge in [-0.25, -0.2) is 4.79 Å². The van der Waals surface area contributed by atoms with Crippen molar-refractivity contribution in [2.75, 3.05) is 13.2 Å². The zero-order valence-electron chi connectivity index (χ0n) is 17.5. The number of H-pyrrole nitrogens is 4. The van der Waals surface area contributed by atoms with E-state index in [2.05, 4.69) is 25.5 Å². The molecule has 0 saturated heterocycles. The molecule has 4 rings (SSSR count). The molecule has 10 heteroatoms. The topological polar surface area (TPSA) is 156 Å². The highest BCUT2D eigenvalue weighted by Crippen LogP contribution is 2.21. The molecule has 0 bridgehead atoms. The summed E-state index contributed by atoms with van der Waals surface area (Å²) in [6.07, 6.45) is 0.764. The van der Waals surface area contributed by atoms with Crippen LogP contribution in [0.15, 0.2) is 50.8 Å². The molecule has 0 radical (unpaired) electrons. The maximum absolute atomic E-state index is 11.9. The van der Waals surface area contributed by atoms with Crippen LogP contribution < -0.4 is 26.9 Å². The predicted molar refractivity (Wildman–Crippen MR) is 121 cm³/mol. The highest BCUT2D eigenvalue weighted by Gasteiger charge is 2.11. The van der Waals surface area contributed by atoms with Crippen molar-refractivity contribution in [2.45, 2.75) is 31.9 Å². The van der Waals surface area contributed by atoms with E-state index in [-0.39, 0.29) is 29.5 Å². The van der Waals surface area contributed by atoms with Gasteiger partial charge in [-0.15, -0.1) is 0 Å². The Labute approximate surface area is 181 Å². The molecule has 0 spiro atoms. The highest BCUT2D eigenvalue weighted by atomic mass is 16.5. The lowest BCUT2D eigenvalue weighted by molar-refractivity contribution is 0.104. The summed E-state index contributed by atoms with van der Waals surface area (Å²) < 4.78 is 5.68. The number of aromatic amines is 4. The monoisotopic (exact) mass is 439 g/mol. The summed E-state index contributed by atoms with van der Waals surface area (Å²) in [5.74, 6) is 0.498. The van der Waals surface area contributed by atoms with Crippen LogP contribution >= 0.6 is 0 Å². The molecular formula is C22H25N5O5. The number of rotatable bonds is 9. The van der Waals surface area contributed by atoms with Gasteiger partial charge < -0.3 is 25.1 Å². The highest BCUT2D eigenvalue weighted by molar-refractivity contribution is 5.81. The molecule has 168 valence electrons. The first-order valence-corrected chi connectivity index (χ1v) is 10.4. The van der Waals surface area contributed by atoms with Gasteiger partial charge in [0, 0.05) is 12.6 Å². The summed E-state index contributed by atoms with van der Waals surface area (Å²) in [6, 6.07) is 10.6. The lowest BCUT2D eigenvalue weighted by atomic mass is 10.0. The molecule has 0 aliphatic carbocycles. The lowest BCUT2D eigenvalue weighted by Gasteiger charge is -2.18. The summed E-state index contributed by atoms with van der Waals surface area (Å²) in [7, 11) is 0. The molecule has 4 aromatic rings. The number of nitrogens with one attached hydrogen (secondary N) is 5. The summed E-state index contributed by atoms with van der Waals surface area (Å²) >= 11 is 0. The number of aliphatic hydroxyl groups is 1. The van der Waals surface area contributed by atoms with Crippen molar-refractivity contribution >= 4 is 21.8 Å². The minimum Gasteiger partial charge on any atom is -0.489 e. The van der Waals surface area contributed by atoms with Gasteiger partial charge in [-0.1, -0.05) is 12.1 Å². The van der Waals surface area contributed by atoms with E-state index in [1.54, 1.807) is 30.3 Å². The molecule has 0 aliphatic heterocycles. The average molecular weight is 439 g/mol. The fraction of sp³-hybridized carbons (Fsp3) is 0.318. The number of benzene rings is 2. The van der Waals surface area contributed by atoms with Gasteiger partial charge in [0.15, 0.2) is 0 Å². The third-order valence-corrected chi connectivity index (χ3v) is 5.37. The van der Waals surface area contributed by atoms with Crippen molar-refractivity contribution in [3.63, 3.8) is 0 Å². The first-order chi connectivity index (χ1) is 15.4. The van der Waals surface area contributed by atoms with Crippen LogP contribution in [0.25, 0.3) is 21.8 Å². The normalized spacial score (nSPS) is 13.4. The van der Waals surface area contributed by atoms with Gasteiger partial charge in [-0.05, 0) is 49.6 Å². The molecule has 0 saturated carbocycles. The summed E-state index contributed by atoms with van der Waals surface area (Å²) in [5.41, 5.74) is 1.22. The predicted octanol–water partition coefficient (Wildman–Crippen LogP) is 0.737. The average Bonchev–Trinajstić information content (AvgIpc) is 3.18. The van der Waals surface area contributed by atoms with Gasteiger partial charge in [0.25, 0.3) is 11.1 Å². The number of hydrogen-bond donors (Lipinski definition) is 6. The van der Waals surface area contributed by atoms with E-state index in [0.717, 1.165) is 12.0 Å². The van der Waals surface area contributed by atoms with Crippen LogP contribution in [0.5, 0.6) is 5.75 Å². The van der Waals surface area contributed by atoms with E-state index in [1.807, 2.05) is 13.0 Å². The van der Waals surface area contributed by atoms with Crippen molar-refractivity contribution in [1.29, 1.82) is 0 Å². The van der Waals surface area contributed by atoms with E-state index in [4.69, 9.17) is 4.74 Å². The Kier molecular flexibility index (Phi) is 6.24. The van der Waals surface area contributed by atoms with Crippen LogP contribution in [0, 0.1) is 0 Å². The SMILES string of the molecule is CC(CCc1ccc2c(=O)[nH][nH]c(=O)c2c1)NCC(O)COc1cccc2[nH]c(=O)[nH]c12. The van der Waals surface area contributed by atoms with Crippen LogP contribution in [0.4, 0.5) is 0 Å². The number of para-hydroxylation sites is 1. The fourth-order valence-electron chi connectivity index (χ4n) is 3.60. The second-order valence-electron chi connectivity index (χ2n) is 7.86. The minimum atomic E-state index is -0.732. The molecule has 0 amide bonds. The number of fused-ring (bicyclic) bond motifs is 2. The summed E-state index contributed by atoms with van der Waals surface area (Å²) in [4.78, 5) is 40.5. The number of aromatic nitrogens is 4. The van der Waals surface area contributed by atoms with Crippen LogP contribution in [-0.4, -0.2) is 50.6 Å². The van der Waals surface area contributed by atoms with Gasteiger partial charge in [0.1, 0.15) is 24.0 Å². The molecule has 0 fully saturated rings. The Balaban J connectivity index is 1.26. The van der Waals surface area contributed by atoms with Crippen LogP contribution in [-0.2, 0) is 6.42 Å². The number of aliphatic hydroxyl groups excluding tert-OH is 1. The zero-order valence-corrected chi connectivity index (χ0v) is 17.5. The summed E-state index contributed by atoms with van der Waals surface area (Å²) in [6.45, 7) is 2.43. The van der Waals surface area contributed by atoms with Crippen molar-refractivity contribution in [3.8, 4) is 5.75 Å². The maximum atomic E-state index is 11.9. The summed E-state index contributed by atoms with van der Waals surface area (Å²) in [5, 5.41) is 18.9. The van der Waals surface area contributed by atoms with Gasteiger partial charge in [0.2, 0.25) is 0 Å². The van der Waals surface area contributed by atoms with Gasteiger partial charge in [-0.2, -0.15) is 0 Å². The Bertz CT molecular complexity index is 1400. The van der Waals surface area contributed by atoms with E-state index >= 15 is 0 Å². The Hall–Kier alpha value is -3.63. The first kappa shape index (κ1) is 21.6. The Morgan fingerprint density at radius 2 is 1.81 bits per heavy atom. The fourth-order valence-corrected chi connectivity index (χ4v) is 3.60. The number of aryl methyl sites for hydroxylation is 1. The van der Waals surface area contributed by atoms with Gasteiger partial charge in [-0.3, -0.25) is 19.8 Å². The van der Waals surface area contributed by atoms with Crippen molar-refractivity contribution in [1.82, 2.24) is 25.5 Å². The molecule has 10 nitrogen and oxygen atoms in total. The van der Waals surface area contributed by atoms with Gasteiger partial charge in [0.05, 0.1) is 16.3 Å². The smallest absolute Gasteiger partial charge is 0.323 e. The van der Waals surface area contributed by atoms with Crippen molar-refractivity contribution < 1.29 is 9.84 Å². The second-order valence-corrected chi connectivity index (χ2v) is 7.86. The third kappa shape index (κ3) is 4.82. The molecule has 2 heterocycles. The van der Waals surface area contributed by atoms with Crippen molar-refractivity contribution in [3.05, 3.63) is 73.2 Å². The largest absolute Gasteiger partial charge is 0.489 e. The molecule has 32 heavy (non-hydrogen) atoms. The van der Waals surface area contributed by atoms with Crippen molar-refractivity contribution in [2.24, 2.45) is 0 Å². The van der Waals surface area contributed by atoms with E-state index in [1.165, 1.54) is 0 Å². The number of hydrogen-bond acceptors (Lipinski definition) is 6. The molecule has 2 aromatic heterocycles. The van der Waals surface area contributed by atoms with Gasteiger partial charge >= 0.3 is 5.69 Å². The standard InChI is InChI=1S/C22H25N5O5/c1-12(5-6-13-7-8-15-16(9-13)21(30)27-26-20(15)29)23-10-14(28)11-32-18-4-2-3-17-19(18)25-22(31)24-17/h2-4,7-9,12,14,23,28H,5-6,10-11H2,1H3,(H,26,29)(H,27,30)(H2,24,25,31). The molecule has 6 N–H and O–H groups in total. The maximum Gasteiger partial charge on any atom is 0.323 e. The second kappa shape index (κ2) is 9.25. The third-order valence-electron chi connectivity index (χ3n) is 5.37. The lowest BCUT2D eigenvalue weighted by Crippen LogP contribution is -2.36. The van der Waals surface area contributed by atoms with Crippen LogP contribution in [0.3, 0.4) is 0 Å².